The van der Waals surface area contributed by atoms with E-state index >= 15 is 0 Å². The highest BCUT2D eigenvalue weighted by Crippen LogP contribution is 2.30. The molecule has 0 amide bonds. The quantitative estimate of drug-likeness (QED) is 0.728. The molecule has 90 valence electrons. The van der Waals surface area contributed by atoms with E-state index in [0.29, 0.717) is 0 Å². The second-order valence-electron chi connectivity index (χ2n) is 4.08. The minimum absolute atomic E-state index is 0.0422. The van der Waals surface area contributed by atoms with Gasteiger partial charge in [-0.15, -0.1) is 0 Å². The summed E-state index contributed by atoms with van der Waals surface area (Å²) in [7, 11) is 0. The molecule has 1 fully saturated rings. The van der Waals surface area contributed by atoms with Crippen LogP contribution in [0.5, 0.6) is 0 Å². The van der Waals surface area contributed by atoms with Gasteiger partial charge in [0.1, 0.15) is 9.21 Å². The molecule has 0 saturated carbocycles. The van der Waals surface area contributed by atoms with Gasteiger partial charge in [-0.2, -0.15) is 5.10 Å². The first-order valence-corrected chi connectivity index (χ1v) is 7.15. The molecule has 0 aromatic carbocycles. The van der Waals surface area contributed by atoms with Crippen LogP contribution in [0.1, 0.15) is 25.5 Å². The highest BCUT2D eigenvalue weighted by Gasteiger charge is 2.20. The first kappa shape index (κ1) is 11.6. The number of rotatable bonds is 1. The summed E-state index contributed by atoms with van der Waals surface area (Å²) in [6.07, 6.45) is 5.21. The van der Waals surface area contributed by atoms with Crippen molar-refractivity contribution in [3.8, 4) is 0 Å². The van der Waals surface area contributed by atoms with Gasteiger partial charge in [0, 0.05) is 12.0 Å². The second-order valence-corrected chi connectivity index (χ2v) is 5.64. The van der Waals surface area contributed by atoms with E-state index in [9.17, 15) is 0 Å². The van der Waals surface area contributed by atoms with E-state index in [1.54, 1.807) is 0 Å². The van der Waals surface area contributed by atoms with E-state index in [-0.39, 0.29) is 6.23 Å². The minimum Gasteiger partial charge on any atom is -0.356 e. The summed E-state index contributed by atoms with van der Waals surface area (Å²) in [5, 5.41) is 5.56. The SMILES string of the molecule is Brc1cc2c(Br)nn(C3CCCCO3)c2cn1. The molecule has 1 atom stereocenters. The Morgan fingerprint density at radius 2 is 2.24 bits per heavy atom. The van der Waals surface area contributed by atoms with Crippen molar-refractivity contribution >= 4 is 42.8 Å². The van der Waals surface area contributed by atoms with Gasteiger partial charge in [0.2, 0.25) is 0 Å². The van der Waals surface area contributed by atoms with Crippen LogP contribution in [0, 0.1) is 0 Å². The second kappa shape index (κ2) is 4.66. The van der Waals surface area contributed by atoms with Crippen LogP contribution in [0.15, 0.2) is 21.5 Å². The molecule has 0 aliphatic carbocycles. The topological polar surface area (TPSA) is 39.9 Å². The van der Waals surface area contributed by atoms with Crippen molar-refractivity contribution in [2.24, 2.45) is 0 Å². The standard InChI is InChI=1S/C11H11Br2N3O/c12-9-5-7-8(6-14-9)16(15-11(7)13)10-3-1-2-4-17-10/h5-6,10H,1-4H2. The average Bonchev–Trinajstić information content (AvgIpc) is 2.68. The number of halogens is 2. The summed E-state index contributed by atoms with van der Waals surface area (Å²) in [5.74, 6) is 0. The normalized spacial score (nSPS) is 20.9. The number of aromatic nitrogens is 3. The van der Waals surface area contributed by atoms with Crippen molar-refractivity contribution in [3.63, 3.8) is 0 Å². The van der Waals surface area contributed by atoms with Crippen molar-refractivity contribution in [3.05, 3.63) is 21.5 Å². The molecule has 1 aliphatic heterocycles. The van der Waals surface area contributed by atoms with Crippen LogP contribution >= 0.6 is 31.9 Å². The molecule has 2 aromatic rings. The summed E-state index contributed by atoms with van der Waals surface area (Å²) in [4.78, 5) is 4.26. The van der Waals surface area contributed by atoms with Crippen LogP contribution in [-0.2, 0) is 4.74 Å². The van der Waals surface area contributed by atoms with E-state index in [1.807, 2.05) is 16.9 Å². The molecule has 2 aromatic heterocycles. The lowest BCUT2D eigenvalue weighted by atomic mass is 10.2. The molecule has 3 heterocycles. The molecule has 1 aliphatic rings. The third kappa shape index (κ3) is 2.13. The van der Waals surface area contributed by atoms with Crippen LogP contribution in [0.2, 0.25) is 0 Å². The predicted octanol–water partition coefficient (Wildman–Crippen LogP) is 3.66. The third-order valence-electron chi connectivity index (χ3n) is 2.94. The van der Waals surface area contributed by atoms with E-state index in [1.165, 1.54) is 6.42 Å². The van der Waals surface area contributed by atoms with Crippen molar-refractivity contribution in [2.75, 3.05) is 6.61 Å². The van der Waals surface area contributed by atoms with Gasteiger partial charge in [0.25, 0.3) is 0 Å². The summed E-state index contributed by atoms with van der Waals surface area (Å²) >= 11 is 6.85. The lowest BCUT2D eigenvalue weighted by molar-refractivity contribution is -0.0368. The highest BCUT2D eigenvalue weighted by molar-refractivity contribution is 9.11. The molecule has 0 radical (unpaired) electrons. The van der Waals surface area contributed by atoms with E-state index in [2.05, 4.69) is 41.9 Å². The zero-order chi connectivity index (χ0) is 11.8. The first-order chi connectivity index (χ1) is 8.25. The lowest BCUT2D eigenvalue weighted by Gasteiger charge is -2.23. The van der Waals surface area contributed by atoms with Crippen LogP contribution in [0.3, 0.4) is 0 Å². The summed E-state index contributed by atoms with van der Waals surface area (Å²) in [6.45, 7) is 0.813. The maximum atomic E-state index is 5.76. The Kier molecular flexibility index (Phi) is 3.19. The maximum Gasteiger partial charge on any atom is 0.150 e. The molecule has 0 N–H and O–H groups in total. The summed E-state index contributed by atoms with van der Waals surface area (Å²) < 4.78 is 9.34. The Hall–Kier alpha value is -0.460. The van der Waals surface area contributed by atoms with Crippen LogP contribution in [0.25, 0.3) is 10.9 Å². The average molecular weight is 361 g/mol. The van der Waals surface area contributed by atoms with Gasteiger partial charge in [-0.3, -0.25) is 0 Å². The number of ether oxygens (including phenoxy) is 1. The molecule has 1 unspecified atom stereocenters. The lowest BCUT2D eigenvalue weighted by Crippen LogP contribution is -2.19. The summed E-state index contributed by atoms with van der Waals surface area (Å²) in [5.41, 5.74) is 1.01. The van der Waals surface area contributed by atoms with Crippen molar-refractivity contribution in [1.82, 2.24) is 14.8 Å². The molecule has 17 heavy (non-hydrogen) atoms. The van der Waals surface area contributed by atoms with Crippen LogP contribution < -0.4 is 0 Å². The maximum absolute atomic E-state index is 5.76. The van der Waals surface area contributed by atoms with Crippen molar-refractivity contribution in [1.29, 1.82) is 0 Å². The van der Waals surface area contributed by atoms with E-state index in [0.717, 1.165) is 39.6 Å². The Morgan fingerprint density at radius 3 is 3.00 bits per heavy atom. The van der Waals surface area contributed by atoms with Gasteiger partial charge in [-0.05, 0) is 57.2 Å². The Labute approximate surface area is 116 Å². The van der Waals surface area contributed by atoms with Gasteiger partial charge < -0.3 is 4.74 Å². The Balaban J connectivity index is 2.10. The third-order valence-corrected chi connectivity index (χ3v) is 3.96. The van der Waals surface area contributed by atoms with Gasteiger partial charge in [0.05, 0.1) is 11.7 Å². The van der Waals surface area contributed by atoms with Gasteiger partial charge in [0.15, 0.2) is 6.23 Å². The smallest absolute Gasteiger partial charge is 0.150 e. The molecule has 6 heteroatoms. The zero-order valence-electron chi connectivity index (χ0n) is 9.07. The largest absolute Gasteiger partial charge is 0.356 e. The van der Waals surface area contributed by atoms with E-state index in [4.69, 9.17) is 4.74 Å². The summed E-state index contributed by atoms with van der Waals surface area (Å²) in [6, 6.07) is 1.96. The van der Waals surface area contributed by atoms with Crippen molar-refractivity contribution < 1.29 is 4.74 Å². The fraction of sp³-hybridized carbons (Fsp3) is 0.455. The molecule has 0 spiro atoms. The van der Waals surface area contributed by atoms with Crippen LogP contribution in [-0.4, -0.2) is 21.4 Å². The molecule has 4 nitrogen and oxygen atoms in total. The fourth-order valence-corrected chi connectivity index (χ4v) is 2.93. The zero-order valence-corrected chi connectivity index (χ0v) is 12.2. The number of nitrogens with zero attached hydrogens (tertiary/aromatic N) is 3. The Bertz CT molecular complexity index is 549. The van der Waals surface area contributed by atoms with Gasteiger partial charge in [-0.25, -0.2) is 9.67 Å². The Morgan fingerprint density at radius 1 is 1.35 bits per heavy atom. The van der Waals surface area contributed by atoms with Crippen molar-refractivity contribution in [2.45, 2.75) is 25.5 Å². The monoisotopic (exact) mass is 359 g/mol. The molecular formula is C11H11Br2N3O. The number of pyridine rings is 1. The number of hydrogen-bond donors (Lipinski definition) is 0. The predicted molar refractivity (Wildman–Crippen MR) is 71.8 cm³/mol. The van der Waals surface area contributed by atoms with E-state index < -0.39 is 0 Å². The first-order valence-electron chi connectivity index (χ1n) is 5.56. The van der Waals surface area contributed by atoms with Gasteiger partial charge >= 0.3 is 0 Å². The fourth-order valence-electron chi connectivity index (χ4n) is 2.11. The molecule has 0 bridgehead atoms. The number of fused-ring (bicyclic) bond motifs is 1. The molecule has 3 rings (SSSR count). The molecule has 1 saturated heterocycles. The molecular weight excluding hydrogens is 350 g/mol. The van der Waals surface area contributed by atoms with Gasteiger partial charge in [-0.1, -0.05) is 0 Å². The van der Waals surface area contributed by atoms with Crippen LogP contribution in [0.4, 0.5) is 0 Å². The number of hydrogen-bond acceptors (Lipinski definition) is 3. The minimum atomic E-state index is 0.0422. The highest BCUT2D eigenvalue weighted by atomic mass is 79.9.